The fraction of sp³-hybridized carbons (Fsp3) is 0.353. The van der Waals surface area contributed by atoms with E-state index >= 15 is 0 Å². The van der Waals surface area contributed by atoms with Crippen molar-refractivity contribution in [3.8, 4) is 0 Å². The van der Waals surface area contributed by atoms with Crippen molar-refractivity contribution in [1.82, 2.24) is 19.7 Å². The summed E-state index contributed by atoms with van der Waals surface area (Å²) in [5, 5.41) is 4.83. The number of aromatic nitrogens is 4. The number of alkyl halides is 3. The lowest BCUT2D eigenvalue weighted by atomic mass is 10.1. The zero-order valence-electron chi connectivity index (χ0n) is 14.0. The van der Waals surface area contributed by atoms with Gasteiger partial charge in [0, 0.05) is 0 Å². The Hall–Kier alpha value is -2.64. The molecule has 132 valence electrons. The first-order valence-electron chi connectivity index (χ1n) is 7.78. The molecule has 1 N–H and O–H groups in total. The van der Waals surface area contributed by atoms with Gasteiger partial charge in [0.25, 0.3) is 5.56 Å². The number of hydrogen-bond donors (Lipinski definition) is 1. The van der Waals surface area contributed by atoms with Gasteiger partial charge < -0.3 is 4.98 Å². The Balaban J connectivity index is 1.93. The Labute approximate surface area is 141 Å². The van der Waals surface area contributed by atoms with E-state index in [4.69, 9.17) is 0 Å². The van der Waals surface area contributed by atoms with Gasteiger partial charge in [-0.15, -0.1) is 0 Å². The van der Waals surface area contributed by atoms with E-state index in [1.807, 2.05) is 6.92 Å². The molecule has 0 fully saturated rings. The normalized spacial score (nSPS) is 13.4. The fourth-order valence-corrected chi connectivity index (χ4v) is 2.89. The molecule has 0 bridgehead atoms. The second-order valence-electron chi connectivity index (χ2n) is 6.13. The lowest BCUT2D eigenvalue weighted by Gasteiger charge is -2.14. The lowest BCUT2D eigenvalue weighted by Crippen LogP contribution is -2.14. The molecule has 0 aliphatic carbocycles. The maximum atomic E-state index is 12.6. The van der Waals surface area contributed by atoms with Crippen molar-refractivity contribution in [3.63, 3.8) is 0 Å². The molecule has 2 heterocycles. The SMILES string of the molecule is Cc1nc2c(c(C)nn2C(C)Cc2ccc(C(F)(F)F)cc2)c(=O)[nH]1. The van der Waals surface area contributed by atoms with Crippen LogP contribution in [-0.4, -0.2) is 19.7 Å². The van der Waals surface area contributed by atoms with Gasteiger partial charge >= 0.3 is 6.18 Å². The third-order valence-electron chi connectivity index (χ3n) is 4.09. The molecule has 1 unspecified atom stereocenters. The zero-order valence-corrected chi connectivity index (χ0v) is 14.0. The molecule has 0 saturated carbocycles. The molecule has 2 aromatic heterocycles. The van der Waals surface area contributed by atoms with Crippen molar-refractivity contribution in [2.24, 2.45) is 0 Å². The van der Waals surface area contributed by atoms with Crippen molar-refractivity contribution in [2.45, 2.75) is 39.4 Å². The largest absolute Gasteiger partial charge is 0.416 e. The van der Waals surface area contributed by atoms with Crippen molar-refractivity contribution in [2.75, 3.05) is 0 Å². The summed E-state index contributed by atoms with van der Waals surface area (Å²) >= 11 is 0. The van der Waals surface area contributed by atoms with Crippen molar-refractivity contribution < 1.29 is 13.2 Å². The maximum absolute atomic E-state index is 12.6. The van der Waals surface area contributed by atoms with E-state index in [2.05, 4.69) is 15.1 Å². The summed E-state index contributed by atoms with van der Waals surface area (Å²) in [5.41, 5.74) is 0.894. The Morgan fingerprint density at radius 2 is 1.84 bits per heavy atom. The number of rotatable bonds is 3. The standard InChI is InChI=1S/C17H17F3N4O/c1-9(8-12-4-6-13(7-5-12)17(18,19)20)24-15-14(10(2)23-24)16(25)22-11(3)21-15/h4-7,9H,8H2,1-3H3,(H,21,22,25). The van der Waals surface area contributed by atoms with Gasteiger partial charge in [0.15, 0.2) is 5.65 Å². The third-order valence-corrected chi connectivity index (χ3v) is 4.09. The smallest absolute Gasteiger partial charge is 0.310 e. The lowest BCUT2D eigenvalue weighted by molar-refractivity contribution is -0.137. The first-order valence-corrected chi connectivity index (χ1v) is 7.78. The highest BCUT2D eigenvalue weighted by molar-refractivity contribution is 5.77. The van der Waals surface area contributed by atoms with Crippen LogP contribution in [0.4, 0.5) is 13.2 Å². The average Bonchev–Trinajstić information content (AvgIpc) is 2.84. The molecule has 0 radical (unpaired) electrons. The van der Waals surface area contributed by atoms with Gasteiger partial charge in [-0.05, 0) is 44.9 Å². The number of fused-ring (bicyclic) bond motifs is 1. The summed E-state index contributed by atoms with van der Waals surface area (Å²) < 4.78 is 39.6. The summed E-state index contributed by atoms with van der Waals surface area (Å²) in [7, 11) is 0. The molecule has 0 aliphatic heterocycles. The van der Waals surface area contributed by atoms with E-state index < -0.39 is 11.7 Å². The van der Waals surface area contributed by atoms with Crippen LogP contribution in [0.3, 0.4) is 0 Å². The average molecular weight is 350 g/mol. The quantitative estimate of drug-likeness (QED) is 0.786. The molecule has 0 amide bonds. The van der Waals surface area contributed by atoms with Crippen LogP contribution >= 0.6 is 0 Å². The highest BCUT2D eigenvalue weighted by Crippen LogP contribution is 2.29. The molecule has 1 aromatic carbocycles. The van der Waals surface area contributed by atoms with Gasteiger partial charge in [0.05, 0.1) is 17.3 Å². The molecule has 0 saturated heterocycles. The Kier molecular flexibility index (Phi) is 4.14. The number of H-pyrrole nitrogens is 1. The molecular weight excluding hydrogens is 333 g/mol. The van der Waals surface area contributed by atoms with Crippen LogP contribution in [0.2, 0.25) is 0 Å². The third kappa shape index (κ3) is 3.29. The highest BCUT2D eigenvalue weighted by Gasteiger charge is 2.30. The van der Waals surface area contributed by atoms with Gasteiger partial charge in [-0.25, -0.2) is 9.67 Å². The topological polar surface area (TPSA) is 63.6 Å². The molecule has 3 rings (SSSR count). The first kappa shape index (κ1) is 17.2. The Morgan fingerprint density at radius 3 is 2.44 bits per heavy atom. The summed E-state index contributed by atoms with van der Waals surface area (Å²) in [6.07, 6.45) is -3.87. The number of halogens is 3. The van der Waals surface area contributed by atoms with E-state index in [1.165, 1.54) is 12.1 Å². The number of aryl methyl sites for hydroxylation is 2. The molecule has 0 aliphatic rings. The van der Waals surface area contributed by atoms with Gasteiger partial charge in [0.2, 0.25) is 0 Å². The fourth-order valence-electron chi connectivity index (χ4n) is 2.89. The summed E-state index contributed by atoms with van der Waals surface area (Å²) in [6, 6.07) is 4.90. The van der Waals surface area contributed by atoms with Crippen LogP contribution in [0.1, 0.15) is 35.6 Å². The van der Waals surface area contributed by atoms with Gasteiger partial charge in [-0.3, -0.25) is 4.79 Å². The Bertz CT molecular complexity index is 970. The van der Waals surface area contributed by atoms with Crippen LogP contribution in [0.5, 0.6) is 0 Å². The number of hydrogen-bond acceptors (Lipinski definition) is 3. The van der Waals surface area contributed by atoms with Crippen LogP contribution in [0.25, 0.3) is 11.0 Å². The zero-order chi connectivity index (χ0) is 18.4. The number of benzene rings is 1. The summed E-state index contributed by atoms with van der Waals surface area (Å²) in [4.78, 5) is 19.1. The van der Waals surface area contributed by atoms with Gasteiger partial charge in [-0.1, -0.05) is 12.1 Å². The molecule has 1 atom stereocenters. The van der Waals surface area contributed by atoms with Crippen molar-refractivity contribution >= 4 is 11.0 Å². The Morgan fingerprint density at radius 1 is 1.20 bits per heavy atom. The minimum Gasteiger partial charge on any atom is -0.310 e. The van der Waals surface area contributed by atoms with E-state index in [0.29, 0.717) is 29.0 Å². The summed E-state index contributed by atoms with van der Waals surface area (Å²) in [6.45, 7) is 5.31. The molecule has 5 nitrogen and oxygen atoms in total. The molecule has 0 spiro atoms. The van der Waals surface area contributed by atoms with Crippen LogP contribution in [0, 0.1) is 13.8 Å². The number of nitrogens with zero attached hydrogens (tertiary/aromatic N) is 3. The van der Waals surface area contributed by atoms with Crippen LogP contribution in [0.15, 0.2) is 29.1 Å². The maximum Gasteiger partial charge on any atom is 0.416 e. The number of nitrogens with one attached hydrogen (secondary N) is 1. The van der Waals surface area contributed by atoms with Gasteiger partial charge in [-0.2, -0.15) is 18.3 Å². The highest BCUT2D eigenvalue weighted by atomic mass is 19.4. The van der Waals surface area contributed by atoms with E-state index in [-0.39, 0.29) is 11.6 Å². The predicted octanol–water partition coefficient (Wildman–Crippen LogP) is 3.56. The van der Waals surface area contributed by atoms with E-state index in [1.54, 1.807) is 18.5 Å². The second-order valence-corrected chi connectivity index (χ2v) is 6.13. The van der Waals surface area contributed by atoms with Gasteiger partial charge in [0.1, 0.15) is 11.2 Å². The first-order chi connectivity index (χ1) is 11.7. The molecular formula is C17H17F3N4O. The number of aromatic amines is 1. The molecule has 3 aromatic rings. The van der Waals surface area contributed by atoms with E-state index in [0.717, 1.165) is 17.7 Å². The minimum absolute atomic E-state index is 0.165. The van der Waals surface area contributed by atoms with E-state index in [9.17, 15) is 18.0 Å². The van der Waals surface area contributed by atoms with Crippen LogP contribution < -0.4 is 5.56 Å². The monoisotopic (exact) mass is 350 g/mol. The van der Waals surface area contributed by atoms with Crippen LogP contribution in [-0.2, 0) is 12.6 Å². The minimum atomic E-state index is -4.35. The molecule has 8 heteroatoms. The molecule has 25 heavy (non-hydrogen) atoms. The second kappa shape index (κ2) is 6.02. The summed E-state index contributed by atoms with van der Waals surface area (Å²) in [5.74, 6) is 0.486. The van der Waals surface area contributed by atoms with Crippen molar-refractivity contribution in [3.05, 3.63) is 57.3 Å². The van der Waals surface area contributed by atoms with Crippen molar-refractivity contribution in [1.29, 1.82) is 0 Å². The predicted molar refractivity (Wildman–Crippen MR) is 87.5 cm³/mol.